The number of anilines is 1. The van der Waals surface area contributed by atoms with Gasteiger partial charge in [-0.2, -0.15) is 23.4 Å². The summed E-state index contributed by atoms with van der Waals surface area (Å²) in [6.45, 7) is 3.78. The fourth-order valence-electron chi connectivity index (χ4n) is 2.99. The zero-order valence-electron chi connectivity index (χ0n) is 16.1. The third-order valence-electron chi connectivity index (χ3n) is 4.64. The molecule has 0 radical (unpaired) electrons. The molecular formula is C21H17F3N6. The largest absolute Gasteiger partial charge is 0.451 e. The van der Waals surface area contributed by atoms with Crippen LogP contribution < -0.4 is 5.32 Å². The Labute approximate surface area is 170 Å². The molecule has 6 nitrogen and oxygen atoms in total. The topological polar surface area (TPSA) is 76.5 Å². The SMILES string of the molecule is Cc1ccc(-c2ccc3nncc(N[C@H](C)c4cnc(C(F)(F)F)nc4)c3c2)nc1. The van der Waals surface area contributed by atoms with Crippen molar-refractivity contribution in [1.29, 1.82) is 0 Å². The Bertz CT molecular complexity index is 1170. The number of nitrogens with zero attached hydrogens (tertiary/aromatic N) is 5. The van der Waals surface area contributed by atoms with E-state index in [1.165, 1.54) is 12.4 Å². The van der Waals surface area contributed by atoms with Gasteiger partial charge < -0.3 is 5.32 Å². The van der Waals surface area contributed by atoms with Crippen molar-refractivity contribution < 1.29 is 13.2 Å². The molecular weight excluding hydrogens is 393 g/mol. The van der Waals surface area contributed by atoms with Crippen LogP contribution in [0.1, 0.15) is 29.9 Å². The van der Waals surface area contributed by atoms with Gasteiger partial charge in [0.25, 0.3) is 0 Å². The van der Waals surface area contributed by atoms with Crippen LogP contribution in [0.3, 0.4) is 0 Å². The van der Waals surface area contributed by atoms with E-state index in [1.54, 1.807) is 12.4 Å². The van der Waals surface area contributed by atoms with Crippen LogP contribution in [0.2, 0.25) is 0 Å². The number of fused-ring (bicyclic) bond motifs is 1. The van der Waals surface area contributed by atoms with E-state index >= 15 is 0 Å². The van der Waals surface area contributed by atoms with E-state index in [4.69, 9.17) is 0 Å². The Morgan fingerprint density at radius 2 is 1.70 bits per heavy atom. The maximum atomic E-state index is 12.7. The van der Waals surface area contributed by atoms with E-state index < -0.39 is 12.0 Å². The van der Waals surface area contributed by atoms with Gasteiger partial charge in [-0.1, -0.05) is 12.1 Å². The predicted octanol–water partition coefficient (Wildman–Crippen LogP) is 4.98. The molecule has 3 heterocycles. The number of aryl methyl sites for hydroxylation is 1. The van der Waals surface area contributed by atoms with Gasteiger partial charge in [0.15, 0.2) is 0 Å². The van der Waals surface area contributed by atoms with Gasteiger partial charge in [0.1, 0.15) is 0 Å². The molecule has 1 aromatic carbocycles. The van der Waals surface area contributed by atoms with E-state index in [9.17, 15) is 13.2 Å². The van der Waals surface area contributed by atoms with Crippen molar-refractivity contribution in [2.75, 3.05) is 5.32 Å². The summed E-state index contributed by atoms with van der Waals surface area (Å²) in [6, 6.07) is 9.33. The molecule has 0 spiro atoms. The Morgan fingerprint density at radius 3 is 2.37 bits per heavy atom. The second-order valence-electron chi connectivity index (χ2n) is 6.91. The summed E-state index contributed by atoms with van der Waals surface area (Å²) in [4.78, 5) is 11.3. The summed E-state index contributed by atoms with van der Waals surface area (Å²) >= 11 is 0. The summed E-state index contributed by atoms with van der Waals surface area (Å²) in [5.74, 6) is -1.16. The second-order valence-corrected chi connectivity index (χ2v) is 6.91. The van der Waals surface area contributed by atoms with Gasteiger partial charge in [0, 0.05) is 35.1 Å². The van der Waals surface area contributed by atoms with Crippen LogP contribution in [-0.2, 0) is 6.18 Å². The Kier molecular flexibility index (Phi) is 5.03. The van der Waals surface area contributed by atoms with E-state index in [0.717, 1.165) is 22.2 Å². The number of pyridine rings is 1. The molecule has 1 atom stereocenters. The predicted molar refractivity (Wildman–Crippen MR) is 107 cm³/mol. The van der Waals surface area contributed by atoms with Crippen LogP contribution >= 0.6 is 0 Å². The first-order valence-corrected chi connectivity index (χ1v) is 9.15. The zero-order valence-corrected chi connectivity index (χ0v) is 16.1. The van der Waals surface area contributed by atoms with Gasteiger partial charge >= 0.3 is 6.18 Å². The van der Waals surface area contributed by atoms with Crippen molar-refractivity contribution >= 4 is 16.6 Å². The van der Waals surface area contributed by atoms with E-state index in [1.807, 2.05) is 44.2 Å². The smallest absolute Gasteiger partial charge is 0.377 e. The van der Waals surface area contributed by atoms with Crippen LogP contribution in [0.4, 0.5) is 18.9 Å². The standard InChI is InChI=1S/C21H17F3N6/c1-12-3-5-17(25-8-12)14-4-6-18-16(7-14)19(11-28-30-18)29-13(2)15-9-26-20(27-10-15)21(22,23)24/h3-11,13H,1-2H3,(H,29,30)/t13-/m1/s1. The summed E-state index contributed by atoms with van der Waals surface area (Å²) in [5, 5.41) is 12.2. The summed E-state index contributed by atoms with van der Waals surface area (Å²) in [7, 11) is 0. The fourth-order valence-corrected chi connectivity index (χ4v) is 2.99. The van der Waals surface area contributed by atoms with Crippen LogP contribution in [-0.4, -0.2) is 25.1 Å². The van der Waals surface area contributed by atoms with E-state index in [0.29, 0.717) is 16.8 Å². The van der Waals surface area contributed by atoms with Crippen molar-refractivity contribution in [2.45, 2.75) is 26.1 Å². The molecule has 0 saturated heterocycles. The Balaban J connectivity index is 1.65. The van der Waals surface area contributed by atoms with Gasteiger partial charge in [-0.25, -0.2) is 9.97 Å². The molecule has 0 bridgehead atoms. The van der Waals surface area contributed by atoms with Gasteiger partial charge in [0.05, 0.1) is 29.1 Å². The summed E-state index contributed by atoms with van der Waals surface area (Å²) in [5.41, 5.74) is 4.72. The monoisotopic (exact) mass is 410 g/mol. The minimum absolute atomic E-state index is 0.346. The van der Waals surface area contributed by atoms with Crippen LogP contribution in [0.25, 0.3) is 22.2 Å². The number of benzene rings is 1. The molecule has 1 N–H and O–H groups in total. The molecule has 0 amide bonds. The molecule has 4 rings (SSSR count). The second kappa shape index (κ2) is 7.66. The highest BCUT2D eigenvalue weighted by Gasteiger charge is 2.34. The molecule has 152 valence electrons. The number of aromatic nitrogens is 5. The first-order valence-electron chi connectivity index (χ1n) is 9.15. The van der Waals surface area contributed by atoms with Crippen LogP contribution in [0, 0.1) is 6.92 Å². The zero-order chi connectivity index (χ0) is 21.3. The molecule has 0 aliphatic heterocycles. The molecule has 30 heavy (non-hydrogen) atoms. The van der Waals surface area contributed by atoms with Crippen molar-refractivity contribution in [1.82, 2.24) is 25.1 Å². The van der Waals surface area contributed by atoms with E-state index in [2.05, 4.69) is 30.5 Å². The van der Waals surface area contributed by atoms with Gasteiger partial charge in [-0.15, -0.1) is 0 Å². The molecule has 0 aliphatic carbocycles. The number of rotatable bonds is 4. The van der Waals surface area contributed by atoms with Gasteiger partial charge in [0.2, 0.25) is 5.82 Å². The van der Waals surface area contributed by atoms with Gasteiger partial charge in [-0.3, -0.25) is 4.98 Å². The minimum atomic E-state index is -4.57. The third kappa shape index (κ3) is 4.05. The maximum absolute atomic E-state index is 12.7. The molecule has 3 aromatic heterocycles. The van der Waals surface area contributed by atoms with Crippen molar-refractivity contribution in [3.05, 3.63) is 72.1 Å². The molecule has 0 unspecified atom stereocenters. The third-order valence-corrected chi connectivity index (χ3v) is 4.64. The summed E-state index contributed by atoms with van der Waals surface area (Å²) in [6.07, 6.45) is 1.16. The number of halogens is 3. The minimum Gasteiger partial charge on any atom is -0.377 e. The number of nitrogens with one attached hydrogen (secondary N) is 1. The molecule has 0 aliphatic rings. The number of hydrogen-bond donors (Lipinski definition) is 1. The highest BCUT2D eigenvalue weighted by Crippen LogP contribution is 2.30. The highest BCUT2D eigenvalue weighted by atomic mass is 19.4. The Hall–Kier alpha value is -3.62. The van der Waals surface area contributed by atoms with E-state index in [-0.39, 0.29) is 6.04 Å². The van der Waals surface area contributed by atoms with Crippen LogP contribution in [0.15, 0.2) is 55.1 Å². The first-order chi connectivity index (χ1) is 14.3. The molecule has 0 fully saturated rings. The average Bonchev–Trinajstić information content (AvgIpc) is 2.74. The molecule has 9 heteroatoms. The van der Waals surface area contributed by atoms with Crippen LogP contribution in [0.5, 0.6) is 0 Å². The number of alkyl halides is 3. The lowest BCUT2D eigenvalue weighted by molar-refractivity contribution is -0.145. The summed E-state index contributed by atoms with van der Waals surface area (Å²) < 4.78 is 38.0. The maximum Gasteiger partial charge on any atom is 0.451 e. The first kappa shape index (κ1) is 19.7. The molecule has 0 saturated carbocycles. The lowest BCUT2D eigenvalue weighted by Crippen LogP contribution is -2.13. The lowest BCUT2D eigenvalue weighted by atomic mass is 10.1. The Morgan fingerprint density at radius 1 is 0.933 bits per heavy atom. The van der Waals surface area contributed by atoms with Crippen molar-refractivity contribution in [2.24, 2.45) is 0 Å². The fraction of sp³-hybridized carbons (Fsp3) is 0.190. The lowest BCUT2D eigenvalue weighted by Gasteiger charge is -2.17. The quantitative estimate of drug-likeness (QED) is 0.511. The van der Waals surface area contributed by atoms with Crippen molar-refractivity contribution in [3.8, 4) is 11.3 Å². The number of hydrogen-bond acceptors (Lipinski definition) is 6. The van der Waals surface area contributed by atoms with Gasteiger partial charge in [-0.05, 0) is 37.6 Å². The van der Waals surface area contributed by atoms with Crippen molar-refractivity contribution in [3.63, 3.8) is 0 Å². The molecule has 4 aromatic rings. The average molecular weight is 410 g/mol. The normalized spacial score (nSPS) is 12.7. The highest BCUT2D eigenvalue weighted by molar-refractivity contribution is 5.93.